The van der Waals surface area contributed by atoms with Gasteiger partial charge in [-0.25, -0.2) is 5.43 Å². The van der Waals surface area contributed by atoms with Crippen LogP contribution in [0.5, 0.6) is 17.2 Å². The van der Waals surface area contributed by atoms with Gasteiger partial charge < -0.3 is 19.5 Å². The van der Waals surface area contributed by atoms with Crippen LogP contribution in [0.4, 0.5) is 0 Å². The third-order valence-corrected chi connectivity index (χ3v) is 5.91. The molecule has 3 aromatic rings. The number of carbonyl (C=O) groups is 2. The van der Waals surface area contributed by atoms with Crippen LogP contribution in [-0.2, 0) is 16.2 Å². The van der Waals surface area contributed by atoms with E-state index in [1.165, 1.54) is 13.3 Å². The monoisotopic (exact) mass is 542 g/mol. The number of hydrazone groups is 1. The molecule has 2 amide bonds. The minimum absolute atomic E-state index is 0.161. The lowest BCUT2D eigenvalue weighted by Crippen LogP contribution is -2.47. The number of amides is 2. The molecule has 3 rings (SSSR count). The van der Waals surface area contributed by atoms with E-state index < -0.39 is 17.9 Å². The molecular weight excluding hydrogens is 508 g/mol. The van der Waals surface area contributed by atoms with E-state index in [-0.39, 0.29) is 19.1 Å². The van der Waals surface area contributed by atoms with Gasteiger partial charge in [0, 0.05) is 5.56 Å². The Labute approximate surface area is 234 Å². The van der Waals surface area contributed by atoms with Crippen molar-refractivity contribution in [3.63, 3.8) is 0 Å². The van der Waals surface area contributed by atoms with Gasteiger partial charge in [0.25, 0.3) is 11.8 Å². The van der Waals surface area contributed by atoms with Crippen molar-refractivity contribution in [2.75, 3.05) is 13.7 Å². The summed E-state index contributed by atoms with van der Waals surface area (Å²) in [7, 11) is 1.52. The number of nitrogens with zero attached hydrogens (tertiary/aromatic N) is 2. The first-order valence-electron chi connectivity index (χ1n) is 12.9. The fourth-order valence-corrected chi connectivity index (χ4v) is 3.84. The van der Waals surface area contributed by atoms with Crippen molar-refractivity contribution in [1.29, 1.82) is 5.26 Å². The van der Waals surface area contributed by atoms with Gasteiger partial charge in [0.05, 0.1) is 25.0 Å². The van der Waals surface area contributed by atoms with Crippen molar-refractivity contribution in [2.24, 2.45) is 11.0 Å². The summed E-state index contributed by atoms with van der Waals surface area (Å²) in [6.07, 6.45) is 1.91. The molecule has 0 aromatic heterocycles. The summed E-state index contributed by atoms with van der Waals surface area (Å²) in [5.41, 5.74) is 5.41. The van der Waals surface area contributed by atoms with Crippen LogP contribution >= 0.6 is 0 Å². The molecule has 40 heavy (non-hydrogen) atoms. The predicted octanol–water partition coefficient (Wildman–Crippen LogP) is 4.51. The zero-order valence-electron chi connectivity index (χ0n) is 23.1. The fourth-order valence-electron chi connectivity index (χ4n) is 3.84. The molecule has 0 spiro atoms. The van der Waals surface area contributed by atoms with Gasteiger partial charge in [-0.3, -0.25) is 9.59 Å². The summed E-state index contributed by atoms with van der Waals surface area (Å²) >= 11 is 0. The molecule has 208 valence electrons. The molecule has 9 nitrogen and oxygen atoms in total. The second-order valence-corrected chi connectivity index (χ2v) is 9.51. The van der Waals surface area contributed by atoms with Crippen molar-refractivity contribution < 1.29 is 23.8 Å². The lowest BCUT2D eigenvalue weighted by molar-refractivity contribution is -0.130. The topological polar surface area (TPSA) is 122 Å². The second-order valence-electron chi connectivity index (χ2n) is 9.51. The quantitative estimate of drug-likeness (QED) is 0.242. The largest absolute Gasteiger partial charge is 0.493 e. The third kappa shape index (κ3) is 8.88. The van der Waals surface area contributed by atoms with E-state index >= 15 is 0 Å². The number of para-hydroxylation sites is 1. The maximum Gasteiger partial charge on any atom is 0.262 e. The number of hydrogen-bond donors (Lipinski definition) is 2. The number of nitriles is 1. The van der Waals surface area contributed by atoms with Crippen molar-refractivity contribution in [3.8, 4) is 23.3 Å². The Kier molecular flexibility index (Phi) is 11.1. The van der Waals surface area contributed by atoms with Gasteiger partial charge in [-0.2, -0.15) is 10.4 Å². The zero-order chi connectivity index (χ0) is 28.9. The Hall–Kier alpha value is -4.84. The third-order valence-electron chi connectivity index (χ3n) is 5.91. The molecule has 0 unspecified atom stereocenters. The van der Waals surface area contributed by atoms with Crippen LogP contribution in [0.25, 0.3) is 0 Å². The van der Waals surface area contributed by atoms with Gasteiger partial charge in [0.1, 0.15) is 18.4 Å². The van der Waals surface area contributed by atoms with Gasteiger partial charge in [-0.1, -0.05) is 50.2 Å². The normalized spacial score (nSPS) is 11.5. The number of ether oxygens (including phenoxy) is 3. The van der Waals surface area contributed by atoms with Crippen LogP contribution in [0.2, 0.25) is 0 Å². The first-order chi connectivity index (χ1) is 19.3. The number of aryl methyl sites for hydroxylation is 1. The van der Waals surface area contributed by atoms with Gasteiger partial charge >= 0.3 is 0 Å². The van der Waals surface area contributed by atoms with E-state index in [1.807, 2.05) is 51.1 Å². The molecule has 3 aromatic carbocycles. The fraction of sp³-hybridized carbons (Fsp3) is 0.290. The standard InChI is InChI=1S/C31H34N4O5/c1-21(2)15-26(34-30(36)20-40-27-12-8-5-9-22(27)3)31(37)35-33-18-23-13-14-28(29(16-23)38-4)39-19-25-11-7-6-10-24(25)17-32/h5-14,16,18,21,26H,15,19-20H2,1-4H3,(H,34,36)(H,35,37)/b33-18-/t26-/m0/s1. The van der Waals surface area contributed by atoms with Crippen LogP contribution in [0.3, 0.4) is 0 Å². The molecule has 0 radical (unpaired) electrons. The minimum atomic E-state index is -0.772. The van der Waals surface area contributed by atoms with Gasteiger partial charge in [-0.05, 0) is 60.7 Å². The summed E-state index contributed by atoms with van der Waals surface area (Å²) in [4.78, 5) is 25.3. The Morgan fingerprint density at radius 3 is 2.48 bits per heavy atom. The molecule has 0 heterocycles. The maximum absolute atomic E-state index is 12.8. The SMILES string of the molecule is COc1cc(/C=N\NC(=O)[C@H](CC(C)C)NC(=O)COc2ccccc2C)ccc1OCc1ccccc1C#N. The van der Waals surface area contributed by atoms with Crippen molar-refractivity contribution in [3.05, 3.63) is 89.0 Å². The van der Waals surface area contributed by atoms with E-state index in [4.69, 9.17) is 14.2 Å². The molecule has 9 heteroatoms. The molecule has 0 aliphatic heterocycles. The first kappa shape index (κ1) is 29.7. The summed E-state index contributed by atoms with van der Waals surface area (Å²) in [5, 5.41) is 16.1. The van der Waals surface area contributed by atoms with Crippen LogP contribution < -0.4 is 25.0 Å². The van der Waals surface area contributed by atoms with E-state index in [1.54, 1.807) is 36.4 Å². The second kappa shape index (κ2) is 14.9. The molecule has 0 fully saturated rings. The van der Waals surface area contributed by atoms with Gasteiger partial charge in [0.15, 0.2) is 18.1 Å². The van der Waals surface area contributed by atoms with Gasteiger partial charge in [0.2, 0.25) is 0 Å². The molecule has 0 aliphatic carbocycles. The molecular formula is C31H34N4O5. The summed E-state index contributed by atoms with van der Waals surface area (Å²) in [6.45, 7) is 5.84. The number of hydrogen-bond acceptors (Lipinski definition) is 7. The highest BCUT2D eigenvalue weighted by Gasteiger charge is 2.22. The zero-order valence-corrected chi connectivity index (χ0v) is 23.1. The highest BCUT2D eigenvalue weighted by molar-refractivity contribution is 5.89. The van der Waals surface area contributed by atoms with E-state index in [0.717, 1.165) is 11.1 Å². The van der Waals surface area contributed by atoms with Crippen molar-refractivity contribution in [2.45, 2.75) is 39.8 Å². The van der Waals surface area contributed by atoms with E-state index in [2.05, 4.69) is 21.9 Å². The molecule has 0 aliphatic rings. The summed E-state index contributed by atoms with van der Waals surface area (Å²) in [6, 6.07) is 21.2. The highest BCUT2D eigenvalue weighted by atomic mass is 16.5. The van der Waals surface area contributed by atoms with Crippen LogP contribution in [0, 0.1) is 24.2 Å². The Bertz CT molecular complexity index is 1380. The average Bonchev–Trinajstić information content (AvgIpc) is 2.95. The summed E-state index contributed by atoms with van der Waals surface area (Å²) in [5.74, 6) is 0.926. The van der Waals surface area contributed by atoms with Crippen molar-refractivity contribution >= 4 is 18.0 Å². The van der Waals surface area contributed by atoms with Crippen LogP contribution in [-0.4, -0.2) is 37.8 Å². The molecule has 1 atom stereocenters. The number of methoxy groups -OCH3 is 1. The van der Waals surface area contributed by atoms with E-state index in [0.29, 0.717) is 34.8 Å². The van der Waals surface area contributed by atoms with Crippen molar-refractivity contribution in [1.82, 2.24) is 10.7 Å². The molecule has 0 saturated carbocycles. The highest BCUT2D eigenvalue weighted by Crippen LogP contribution is 2.28. The number of nitrogens with one attached hydrogen (secondary N) is 2. The molecule has 0 bridgehead atoms. The first-order valence-corrected chi connectivity index (χ1v) is 12.9. The van der Waals surface area contributed by atoms with E-state index in [9.17, 15) is 14.9 Å². The maximum atomic E-state index is 12.8. The average molecular weight is 543 g/mol. The van der Waals surface area contributed by atoms with Crippen LogP contribution in [0.1, 0.15) is 42.5 Å². The number of rotatable bonds is 13. The Morgan fingerprint density at radius 1 is 1.00 bits per heavy atom. The van der Waals surface area contributed by atoms with Crippen LogP contribution in [0.15, 0.2) is 71.8 Å². The Balaban J connectivity index is 1.58. The Morgan fingerprint density at radius 2 is 1.75 bits per heavy atom. The number of benzene rings is 3. The lowest BCUT2D eigenvalue weighted by Gasteiger charge is -2.19. The molecule has 2 N–H and O–H groups in total. The van der Waals surface area contributed by atoms with Gasteiger partial charge in [-0.15, -0.1) is 0 Å². The molecule has 0 saturated heterocycles. The minimum Gasteiger partial charge on any atom is -0.493 e. The lowest BCUT2D eigenvalue weighted by atomic mass is 10.0. The predicted molar refractivity (Wildman–Crippen MR) is 152 cm³/mol. The smallest absolute Gasteiger partial charge is 0.262 e. The number of carbonyl (C=O) groups excluding carboxylic acids is 2. The summed E-state index contributed by atoms with van der Waals surface area (Å²) < 4.78 is 16.9.